The maximum Gasteiger partial charge on any atom is 0.433 e. The predicted molar refractivity (Wildman–Crippen MR) is 46.5 cm³/mol. The van der Waals surface area contributed by atoms with Crippen LogP contribution in [-0.4, -0.2) is 15.1 Å². The monoisotopic (exact) mass is 210 g/mol. The molecule has 0 aliphatic carbocycles. The van der Waals surface area contributed by atoms with E-state index in [1.165, 1.54) is 12.1 Å². The Hall–Kier alpha value is -2.22. The Labute approximate surface area is 82.8 Å². The second kappa shape index (κ2) is 3.50. The van der Waals surface area contributed by atoms with E-state index in [9.17, 15) is 10.1 Å². The molecule has 0 fully saturated rings. The van der Waals surface area contributed by atoms with Gasteiger partial charge in [-0.05, 0) is 6.07 Å². The molecule has 2 heterocycles. The highest BCUT2D eigenvalue weighted by Crippen LogP contribution is 2.24. The van der Waals surface area contributed by atoms with Gasteiger partial charge in [0.1, 0.15) is 4.92 Å². The molecule has 0 saturated heterocycles. The molecule has 15 heavy (non-hydrogen) atoms. The first-order valence-electron chi connectivity index (χ1n) is 3.98. The normalized spacial score (nSPS) is 10.5. The zero-order valence-corrected chi connectivity index (χ0v) is 7.41. The number of aromatic nitrogens is 2. The van der Waals surface area contributed by atoms with E-state index in [0.29, 0.717) is 5.82 Å². The lowest BCUT2D eigenvalue weighted by atomic mass is 10.4. The smallest absolute Gasteiger partial charge is 0.395 e. The van der Waals surface area contributed by atoms with Crippen LogP contribution < -0.4 is 5.73 Å². The molecule has 0 aromatic carbocycles. The molecule has 0 spiro atoms. The highest BCUT2D eigenvalue weighted by molar-refractivity contribution is 5.46. The Kier molecular flexibility index (Phi) is 2.18. The van der Waals surface area contributed by atoms with Crippen molar-refractivity contribution in [3.63, 3.8) is 0 Å². The lowest BCUT2D eigenvalue weighted by Gasteiger charge is -1.84. The molecule has 2 aromatic heterocycles. The lowest BCUT2D eigenvalue weighted by molar-refractivity contribution is -0.401. The largest absolute Gasteiger partial charge is 0.433 e. The maximum atomic E-state index is 10.3. The number of hydrogen-bond acceptors (Lipinski definition) is 7. The molecular weight excluding hydrogens is 204 g/mol. The Morgan fingerprint density at radius 3 is 2.87 bits per heavy atom. The van der Waals surface area contributed by atoms with Crippen LogP contribution in [0.3, 0.4) is 0 Å². The first-order chi connectivity index (χ1) is 7.20. The van der Waals surface area contributed by atoms with E-state index < -0.39 is 4.92 Å². The van der Waals surface area contributed by atoms with Gasteiger partial charge in [0.05, 0.1) is 12.6 Å². The van der Waals surface area contributed by atoms with Gasteiger partial charge in [0.25, 0.3) is 5.89 Å². The van der Waals surface area contributed by atoms with Gasteiger partial charge in [0.15, 0.2) is 11.6 Å². The summed E-state index contributed by atoms with van der Waals surface area (Å²) in [6.07, 6.45) is 0. The zero-order valence-electron chi connectivity index (χ0n) is 7.41. The second-order valence-electron chi connectivity index (χ2n) is 2.61. The number of nitrogens with two attached hydrogens (primary N) is 1. The third-order valence-corrected chi connectivity index (χ3v) is 1.63. The van der Waals surface area contributed by atoms with Gasteiger partial charge in [-0.2, -0.15) is 4.98 Å². The highest BCUT2D eigenvalue weighted by atomic mass is 16.6. The fourth-order valence-corrected chi connectivity index (χ4v) is 0.978. The van der Waals surface area contributed by atoms with E-state index >= 15 is 0 Å². The lowest BCUT2D eigenvalue weighted by Crippen LogP contribution is -1.97. The molecule has 0 bridgehead atoms. The Balaban J connectivity index is 2.32. The van der Waals surface area contributed by atoms with Crippen LogP contribution in [0, 0.1) is 10.1 Å². The Morgan fingerprint density at radius 1 is 1.53 bits per heavy atom. The molecule has 0 saturated carbocycles. The molecule has 0 unspecified atom stereocenters. The quantitative estimate of drug-likeness (QED) is 0.584. The molecule has 8 heteroatoms. The van der Waals surface area contributed by atoms with Crippen molar-refractivity contribution in [3.05, 3.63) is 28.1 Å². The van der Waals surface area contributed by atoms with Gasteiger partial charge in [-0.15, -0.1) is 0 Å². The third-order valence-electron chi connectivity index (χ3n) is 1.63. The Morgan fingerprint density at radius 2 is 2.33 bits per heavy atom. The highest BCUT2D eigenvalue weighted by Gasteiger charge is 2.17. The zero-order chi connectivity index (χ0) is 10.8. The van der Waals surface area contributed by atoms with Gasteiger partial charge in [-0.1, -0.05) is 5.16 Å². The van der Waals surface area contributed by atoms with E-state index in [1.54, 1.807) is 0 Å². The maximum absolute atomic E-state index is 10.3. The van der Waals surface area contributed by atoms with Crippen molar-refractivity contribution in [2.45, 2.75) is 6.54 Å². The van der Waals surface area contributed by atoms with E-state index in [2.05, 4.69) is 10.1 Å². The van der Waals surface area contributed by atoms with E-state index in [0.717, 1.165) is 0 Å². The minimum Gasteiger partial charge on any atom is -0.395 e. The van der Waals surface area contributed by atoms with Crippen molar-refractivity contribution >= 4 is 5.88 Å². The summed E-state index contributed by atoms with van der Waals surface area (Å²) < 4.78 is 9.63. The van der Waals surface area contributed by atoms with Crippen LogP contribution in [0.5, 0.6) is 0 Å². The van der Waals surface area contributed by atoms with E-state index in [4.69, 9.17) is 14.7 Å². The van der Waals surface area contributed by atoms with Crippen molar-refractivity contribution in [1.29, 1.82) is 0 Å². The van der Waals surface area contributed by atoms with Crippen molar-refractivity contribution in [2.24, 2.45) is 5.73 Å². The molecule has 0 amide bonds. The van der Waals surface area contributed by atoms with Crippen LogP contribution >= 0.6 is 0 Å². The molecule has 0 aliphatic heterocycles. The van der Waals surface area contributed by atoms with E-state index in [1.807, 2.05) is 0 Å². The first-order valence-corrected chi connectivity index (χ1v) is 3.98. The van der Waals surface area contributed by atoms with Crippen molar-refractivity contribution in [3.8, 4) is 11.7 Å². The fourth-order valence-electron chi connectivity index (χ4n) is 0.978. The van der Waals surface area contributed by atoms with Crippen LogP contribution in [0.1, 0.15) is 5.82 Å². The van der Waals surface area contributed by atoms with Crippen LogP contribution in [0.15, 0.2) is 21.1 Å². The topological polar surface area (TPSA) is 121 Å². The van der Waals surface area contributed by atoms with Crippen LogP contribution in [0.4, 0.5) is 5.88 Å². The fraction of sp³-hybridized carbons (Fsp3) is 0.143. The van der Waals surface area contributed by atoms with Gasteiger partial charge in [0.2, 0.25) is 0 Å². The van der Waals surface area contributed by atoms with Crippen LogP contribution in [-0.2, 0) is 6.54 Å². The summed E-state index contributed by atoms with van der Waals surface area (Å²) in [7, 11) is 0. The minimum absolute atomic E-state index is 0.0727. The Bertz CT molecular complexity index is 489. The average molecular weight is 210 g/mol. The van der Waals surface area contributed by atoms with Gasteiger partial charge in [-0.3, -0.25) is 10.1 Å². The summed E-state index contributed by atoms with van der Waals surface area (Å²) >= 11 is 0. The van der Waals surface area contributed by atoms with Crippen molar-refractivity contribution in [2.75, 3.05) is 0 Å². The molecule has 78 valence electrons. The van der Waals surface area contributed by atoms with Gasteiger partial charge in [0, 0.05) is 0 Å². The van der Waals surface area contributed by atoms with Crippen molar-refractivity contribution in [1.82, 2.24) is 10.1 Å². The summed E-state index contributed by atoms with van der Waals surface area (Å²) in [5.41, 5.74) is 5.27. The first kappa shape index (κ1) is 9.34. The molecule has 0 radical (unpaired) electrons. The molecule has 0 aliphatic rings. The molecule has 2 N–H and O–H groups in total. The standard InChI is InChI=1S/C7H6N4O4/c8-3-5-9-7(15-10-5)4-1-2-6(14-4)11(12)13/h1-2H,3,8H2. The number of rotatable bonds is 3. The predicted octanol–water partition coefficient (Wildman–Crippen LogP) is 0.697. The second-order valence-corrected chi connectivity index (χ2v) is 2.61. The molecule has 8 nitrogen and oxygen atoms in total. The summed E-state index contributed by atoms with van der Waals surface area (Å²) in [6, 6.07) is 2.59. The number of furan rings is 1. The van der Waals surface area contributed by atoms with Crippen LogP contribution in [0.2, 0.25) is 0 Å². The summed E-state index contributed by atoms with van der Waals surface area (Å²) in [5.74, 6) is 0.152. The number of nitrogens with zero attached hydrogens (tertiary/aromatic N) is 3. The molecular formula is C7H6N4O4. The number of hydrogen-bond donors (Lipinski definition) is 1. The molecule has 2 rings (SSSR count). The van der Waals surface area contributed by atoms with Gasteiger partial charge < -0.3 is 14.7 Å². The number of nitro groups is 1. The molecule has 0 atom stereocenters. The average Bonchev–Trinajstić information content (AvgIpc) is 2.86. The van der Waals surface area contributed by atoms with Gasteiger partial charge >= 0.3 is 5.88 Å². The molecule has 2 aromatic rings. The summed E-state index contributed by atoms with van der Waals surface area (Å²) in [5, 5.41) is 13.9. The van der Waals surface area contributed by atoms with E-state index in [-0.39, 0.29) is 24.1 Å². The van der Waals surface area contributed by atoms with Crippen LogP contribution in [0.25, 0.3) is 11.7 Å². The SMILES string of the molecule is NCc1noc(-c2ccc([N+](=O)[O-])o2)n1. The summed E-state index contributed by atoms with van der Waals surface area (Å²) in [6.45, 7) is 0.131. The summed E-state index contributed by atoms with van der Waals surface area (Å²) in [4.78, 5) is 13.5. The van der Waals surface area contributed by atoms with Gasteiger partial charge in [-0.25, -0.2) is 0 Å². The third kappa shape index (κ3) is 1.70. The van der Waals surface area contributed by atoms with Crippen molar-refractivity contribution < 1.29 is 13.9 Å². The minimum atomic E-state index is -0.649.